The highest BCUT2D eigenvalue weighted by atomic mass is 127. The van der Waals surface area contributed by atoms with Crippen LogP contribution in [0.4, 0.5) is 0 Å². The molecule has 0 saturated carbocycles. The number of halogens is 1. The summed E-state index contributed by atoms with van der Waals surface area (Å²) >= 11 is 2.66. The van der Waals surface area contributed by atoms with Crippen LogP contribution >= 0.6 is 22.6 Å². The molecule has 0 aliphatic carbocycles. The van der Waals surface area contributed by atoms with Gasteiger partial charge in [0.25, 0.3) is 0 Å². The Morgan fingerprint density at radius 1 is 0.457 bits per heavy atom. The maximum Gasteiger partial charge on any atom is 0.0798 e. The van der Waals surface area contributed by atoms with E-state index in [2.05, 4.69) is 151 Å². The van der Waals surface area contributed by atoms with Crippen molar-refractivity contribution in [3.63, 3.8) is 0 Å². The fraction of sp³-hybridized carbons (Fsp3) is 0.0909. The maximum absolute atomic E-state index is 2.66. The average molecular weight is 579 g/mol. The normalized spacial score (nSPS) is 12.0. The van der Waals surface area contributed by atoms with Crippen molar-refractivity contribution in [2.75, 3.05) is 0 Å². The molecule has 170 valence electrons. The zero-order valence-electron chi connectivity index (χ0n) is 20.3. The maximum atomic E-state index is 2.66. The van der Waals surface area contributed by atoms with E-state index in [0.717, 1.165) is 0 Å². The van der Waals surface area contributed by atoms with Crippen LogP contribution in [0.3, 0.4) is 0 Å². The first-order chi connectivity index (χ1) is 17.0. The molecule has 0 nitrogen and oxygen atoms in total. The molecule has 35 heavy (non-hydrogen) atoms. The molecule has 0 heterocycles. The first kappa shape index (κ1) is 22.5. The Morgan fingerprint density at radius 3 is 1.29 bits per heavy atom. The summed E-state index contributed by atoms with van der Waals surface area (Å²) in [6, 6.07) is 40.0. The van der Waals surface area contributed by atoms with Crippen molar-refractivity contribution in [1.82, 2.24) is 0 Å². The van der Waals surface area contributed by atoms with Crippen molar-refractivity contribution in [2.45, 2.75) is 19.6 Å². The van der Waals surface area contributed by atoms with Gasteiger partial charge in [0.05, 0.1) is 8.07 Å². The van der Waals surface area contributed by atoms with Gasteiger partial charge >= 0.3 is 0 Å². The fourth-order valence-corrected chi connectivity index (χ4v) is 10.7. The zero-order chi connectivity index (χ0) is 24.2. The van der Waals surface area contributed by atoms with E-state index in [4.69, 9.17) is 0 Å². The van der Waals surface area contributed by atoms with E-state index in [9.17, 15) is 0 Å². The molecule has 0 aliphatic heterocycles. The molecule has 0 unspecified atom stereocenters. The lowest BCUT2D eigenvalue weighted by Crippen LogP contribution is -2.41. The van der Waals surface area contributed by atoms with Crippen LogP contribution < -0.4 is 5.19 Å². The summed E-state index contributed by atoms with van der Waals surface area (Å²) in [4.78, 5) is 0. The van der Waals surface area contributed by atoms with Crippen molar-refractivity contribution in [1.29, 1.82) is 0 Å². The topological polar surface area (TPSA) is 0 Å². The lowest BCUT2D eigenvalue weighted by atomic mass is 9.85. The van der Waals surface area contributed by atoms with Crippen LogP contribution in [0.5, 0.6) is 0 Å². The minimum absolute atomic E-state index is 1.29. The van der Waals surface area contributed by atoms with Crippen molar-refractivity contribution >= 4 is 68.2 Å². The second-order valence-corrected chi connectivity index (χ2v) is 16.3. The van der Waals surface area contributed by atoms with Gasteiger partial charge in [0.15, 0.2) is 0 Å². The average Bonchev–Trinajstić information content (AvgIpc) is 2.88. The number of rotatable bonds is 3. The Bertz CT molecular complexity index is 1710. The van der Waals surface area contributed by atoms with E-state index in [1.54, 1.807) is 5.19 Å². The van der Waals surface area contributed by atoms with Crippen molar-refractivity contribution < 1.29 is 0 Å². The molecule has 0 saturated heterocycles. The van der Waals surface area contributed by atoms with Gasteiger partial charge < -0.3 is 0 Å². The fourth-order valence-electron chi connectivity index (χ4n) is 5.60. The van der Waals surface area contributed by atoms with Crippen LogP contribution in [0.15, 0.2) is 109 Å². The first-order valence-electron chi connectivity index (χ1n) is 12.2. The SMILES string of the molecule is C[Si](C)(C)c1c(I)c(-c2ccccc2)c2c3ccccc3c3ccccc3c2c1-c1ccccc1. The molecule has 0 amide bonds. The number of benzene rings is 6. The van der Waals surface area contributed by atoms with Crippen LogP contribution in [0.25, 0.3) is 54.6 Å². The van der Waals surface area contributed by atoms with Gasteiger partial charge in [-0.1, -0.05) is 129 Å². The third kappa shape index (κ3) is 3.62. The van der Waals surface area contributed by atoms with Gasteiger partial charge in [0.1, 0.15) is 0 Å². The molecule has 0 aliphatic rings. The molecular weight excluding hydrogens is 551 g/mol. The molecule has 0 radical (unpaired) electrons. The molecule has 0 spiro atoms. The van der Waals surface area contributed by atoms with E-state index in [0.29, 0.717) is 0 Å². The summed E-state index contributed by atoms with van der Waals surface area (Å²) < 4.78 is 1.40. The molecule has 6 aromatic carbocycles. The number of fused-ring (bicyclic) bond motifs is 6. The first-order valence-corrected chi connectivity index (χ1v) is 16.7. The van der Waals surface area contributed by atoms with Crippen LogP contribution in [-0.4, -0.2) is 8.07 Å². The minimum atomic E-state index is -1.75. The Hall–Kier alpha value is -2.95. The van der Waals surface area contributed by atoms with Gasteiger partial charge in [-0.2, -0.15) is 0 Å². The predicted octanol–water partition coefficient (Wildman–Crippen LogP) is 9.63. The smallest absolute Gasteiger partial charge is 0.0656 e. The summed E-state index contributed by atoms with van der Waals surface area (Å²) in [5.41, 5.74) is 5.40. The van der Waals surface area contributed by atoms with Crippen LogP contribution in [-0.2, 0) is 0 Å². The van der Waals surface area contributed by atoms with Gasteiger partial charge in [-0.05, 0) is 76.8 Å². The second-order valence-electron chi connectivity index (χ2n) is 10.3. The third-order valence-electron chi connectivity index (χ3n) is 7.00. The minimum Gasteiger partial charge on any atom is -0.0656 e. The lowest BCUT2D eigenvalue weighted by molar-refractivity contribution is 1.61. The highest BCUT2D eigenvalue weighted by Gasteiger charge is 2.30. The second kappa shape index (κ2) is 8.61. The van der Waals surface area contributed by atoms with Gasteiger partial charge in [-0.15, -0.1) is 0 Å². The van der Waals surface area contributed by atoms with Gasteiger partial charge in [-0.25, -0.2) is 0 Å². The standard InChI is InChI=1S/C33H27ISi/c1-35(2,3)33-29(23-16-8-5-9-17-23)31-27-21-13-11-19-25(27)24-18-10-12-20-26(24)30(31)28(32(33)34)22-14-6-4-7-15-22/h4-21H,1-3H3. The lowest BCUT2D eigenvalue weighted by Gasteiger charge is -2.29. The molecule has 6 aromatic rings. The molecule has 2 heteroatoms. The van der Waals surface area contributed by atoms with E-state index in [-0.39, 0.29) is 0 Å². The Kier molecular flexibility index (Phi) is 5.54. The quantitative estimate of drug-likeness (QED) is 0.111. The van der Waals surface area contributed by atoms with Crippen LogP contribution in [0.1, 0.15) is 0 Å². The highest BCUT2D eigenvalue weighted by molar-refractivity contribution is 14.1. The van der Waals surface area contributed by atoms with Crippen LogP contribution in [0.2, 0.25) is 19.6 Å². The monoisotopic (exact) mass is 578 g/mol. The van der Waals surface area contributed by atoms with Gasteiger partial charge in [-0.3, -0.25) is 0 Å². The summed E-state index contributed by atoms with van der Waals surface area (Å²) in [5.74, 6) is 0. The largest absolute Gasteiger partial charge is 0.0798 e. The van der Waals surface area contributed by atoms with Gasteiger partial charge in [0.2, 0.25) is 0 Å². The van der Waals surface area contributed by atoms with Gasteiger partial charge in [0, 0.05) is 9.13 Å². The van der Waals surface area contributed by atoms with Crippen molar-refractivity contribution in [3.8, 4) is 22.3 Å². The summed E-state index contributed by atoms with van der Waals surface area (Å²) in [7, 11) is -1.75. The Balaban J connectivity index is 2.02. The van der Waals surface area contributed by atoms with Crippen LogP contribution in [0, 0.1) is 3.57 Å². The third-order valence-corrected chi connectivity index (χ3v) is 10.6. The molecular formula is C33H27ISi. The molecule has 6 rings (SSSR count). The van der Waals surface area contributed by atoms with E-state index < -0.39 is 8.07 Å². The number of hydrogen-bond acceptors (Lipinski definition) is 0. The number of hydrogen-bond donors (Lipinski definition) is 0. The van der Waals surface area contributed by atoms with E-state index in [1.807, 2.05) is 0 Å². The Labute approximate surface area is 221 Å². The van der Waals surface area contributed by atoms with Crippen molar-refractivity contribution in [3.05, 3.63) is 113 Å². The molecule has 0 N–H and O–H groups in total. The van der Waals surface area contributed by atoms with E-state index >= 15 is 0 Å². The highest BCUT2D eigenvalue weighted by Crippen LogP contribution is 2.46. The van der Waals surface area contributed by atoms with Crippen molar-refractivity contribution in [2.24, 2.45) is 0 Å². The van der Waals surface area contributed by atoms with E-state index in [1.165, 1.54) is 58.1 Å². The predicted molar refractivity (Wildman–Crippen MR) is 166 cm³/mol. The molecule has 0 atom stereocenters. The Morgan fingerprint density at radius 2 is 0.829 bits per heavy atom. The molecule has 0 aromatic heterocycles. The zero-order valence-corrected chi connectivity index (χ0v) is 23.4. The molecule has 0 bridgehead atoms. The summed E-state index contributed by atoms with van der Waals surface area (Å²) in [6.07, 6.45) is 0. The summed E-state index contributed by atoms with van der Waals surface area (Å²) in [6.45, 7) is 7.46. The molecule has 0 fully saturated rings. The summed E-state index contributed by atoms with van der Waals surface area (Å²) in [5, 5.41) is 9.64.